The van der Waals surface area contributed by atoms with Crippen LogP contribution in [0.15, 0.2) is 0 Å². The summed E-state index contributed by atoms with van der Waals surface area (Å²) in [5.41, 5.74) is 0.630. The normalized spacial score (nSPS) is 34.3. The minimum absolute atomic E-state index is 0.630. The quantitative estimate of drug-likeness (QED) is 0.770. The Labute approximate surface area is 120 Å². The summed E-state index contributed by atoms with van der Waals surface area (Å²) in [4.78, 5) is 5.45. The van der Waals surface area contributed by atoms with Gasteiger partial charge in [-0.25, -0.2) is 0 Å². The monoisotopic (exact) mass is 266 g/mol. The third kappa shape index (κ3) is 3.16. The number of hydrogen-bond acceptors (Lipinski definition) is 2. The summed E-state index contributed by atoms with van der Waals surface area (Å²) in [5.74, 6) is 0.785. The van der Waals surface area contributed by atoms with E-state index in [1.54, 1.807) is 0 Å². The Morgan fingerprint density at radius 1 is 0.895 bits per heavy atom. The highest BCUT2D eigenvalue weighted by Gasteiger charge is 2.45. The van der Waals surface area contributed by atoms with Crippen molar-refractivity contribution in [2.24, 2.45) is 11.3 Å². The summed E-state index contributed by atoms with van der Waals surface area (Å²) < 4.78 is 0. The lowest BCUT2D eigenvalue weighted by molar-refractivity contribution is 0.00972. The summed E-state index contributed by atoms with van der Waals surface area (Å²) in [7, 11) is 0. The molecule has 2 aliphatic heterocycles. The highest BCUT2D eigenvalue weighted by molar-refractivity contribution is 4.99. The van der Waals surface area contributed by atoms with Crippen LogP contribution in [0.4, 0.5) is 0 Å². The second-order valence-electron chi connectivity index (χ2n) is 7.91. The molecule has 0 saturated carbocycles. The fourth-order valence-electron chi connectivity index (χ4n) is 4.24. The molecule has 2 fully saturated rings. The van der Waals surface area contributed by atoms with Crippen LogP contribution in [0.2, 0.25) is 0 Å². The van der Waals surface area contributed by atoms with Crippen molar-refractivity contribution in [2.75, 3.05) is 19.6 Å². The molecule has 2 nitrogen and oxygen atoms in total. The van der Waals surface area contributed by atoms with E-state index in [0.29, 0.717) is 11.5 Å². The first kappa shape index (κ1) is 15.3. The van der Waals surface area contributed by atoms with E-state index < -0.39 is 0 Å². The van der Waals surface area contributed by atoms with E-state index in [2.05, 4.69) is 51.3 Å². The van der Waals surface area contributed by atoms with Crippen molar-refractivity contribution in [3.63, 3.8) is 0 Å². The highest BCUT2D eigenvalue weighted by Crippen LogP contribution is 2.45. The molecular weight excluding hydrogens is 232 g/mol. The van der Waals surface area contributed by atoms with E-state index in [1.165, 1.54) is 38.9 Å². The van der Waals surface area contributed by atoms with Crippen molar-refractivity contribution in [3.8, 4) is 0 Å². The van der Waals surface area contributed by atoms with E-state index in [-0.39, 0.29) is 0 Å². The lowest BCUT2D eigenvalue weighted by Gasteiger charge is -2.48. The maximum absolute atomic E-state index is 2.76. The van der Waals surface area contributed by atoms with Gasteiger partial charge >= 0.3 is 0 Å². The Morgan fingerprint density at radius 2 is 1.53 bits per heavy atom. The predicted octanol–water partition coefficient (Wildman–Crippen LogP) is 3.62. The van der Waals surface area contributed by atoms with Gasteiger partial charge in [-0.1, -0.05) is 13.8 Å². The molecule has 0 aliphatic carbocycles. The van der Waals surface area contributed by atoms with Gasteiger partial charge in [-0.15, -0.1) is 0 Å². The first-order valence-corrected chi connectivity index (χ1v) is 8.34. The third-order valence-corrected chi connectivity index (χ3v) is 5.60. The standard InChI is InChI=1S/C17H34N2/c1-13(2)16-11-17(8-10-19(16)15(5)6)7-9-18(12-17)14(3)4/h13-16H,7-12H2,1-6H3. The van der Waals surface area contributed by atoms with Gasteiger partial charge < -0.3 is 4.90 Å². The molecule has 2 atom stereocenters. The molecule has 2 saturated heterocycles. The van der Waals surface area contributed by atoms with E-state index in [4.69, 9.17) is 0 Å². The molecule has 0 bridgehead atoms. The van der Waals surface area contributed by atoms with E-state index in [1.807, 2.05) is 0 Å². The fourth-order valence-corrected chi connectivity index (χ4v) is 4.24. The minimum Gasteiger partial charge on any atom is -0.300 e. The zero-order valence-corrected chi connectivity index (χ0v) is 13.9. The smallest absolute Gasteiger partial charge is 0.0127 e. The second-order valence-corrected chi connectivity index (χ2v) is 7.91. The lowest BCUT2D eigenvalue weighted by atomic mass is 9.72. The Bertz CT molecular complexity index is 298. The summed E-state index contributed by atoms with van der Waals surface area (Å²) in [5, 5.41) is 0. The molecule has 0 aromatic carbocycles. The zero-order valence-electron chi connectivity index (χ0n) is 13.9. The largest absolute Gasteiger partial charge is 0.300 e. The Kier molecular flexibility index (Phi) is 4.62. The van der Waals surface area contributed by atoms with Crippen LogP contribution in [0.5, 0.6) is 0 Å². The second kappa shape index (κ2) is 5.73. The van der Waals surface area contributed by atoms with Crippen LogP contribution in [-0.2, 0) is 0 Å². The van der Waals surface area contributed by atoms with Gasteiger partial charge in [0.2, 0.25) is 0 Å². The van der Waals surface area contributed by atoms with Gasteiger partial charge in [0.05, 0.1) is 0 Å². The van der Waals surface area contributed by atoms with Gasteiger partial charge in [0.25, 0.3) is 0 Å². The number of likely N-dealkylation sites (tertiary alicyclic amines) is 2. The molecule has 0 amide bonds. The van der Waals surface area contributed by atoms with Crippen LogP contribution in [-0.4, -0.2) is 47.6 Å². The Balaban J connectivity index is 2.07. The fraction of sp³-hybridized carbons (Fsp3) is 1.00. The van der Waals surface area contributed by atoms with Gasteiger partial charge in [-0.05, 0) is 71.4 Å². The SMILES string of the molecule is CC(C)C1CC2(CCN(C(C)C)C2)CCN1C(C)C. The number of rotatable bonds is 3. The molecule has 0 aromatic rings. The molecule has 2 unspecified atom stereocenters. The molecule has 112 valence electrons. The number of nitrogens with zero attached hydrogens (tertiary/aromatic N) is 2. The lowest BCUT2D eigenvalue weighted by Crippen LogP contribution is -2.53. The topological polar surface area (TPSA) is 6.48 Å². The highest BCUT2D eigenvalue weighted by atomic mass is 15.2. The van der Waals surface area contributed by atoms with Crippen molar-refractivity contribution < 1.29 is 0 Å². The van der Waals surface area contributed by atoms with Gasteiger partial charge in [0.1, 0.15) is 0 Å². The molecule has 1 spiro atoms. The van der Waals surface area contributed by atoms with Crippen LogP contribution in [0.3, 0.4) is 0 Å². The van der Waals surface area contributed by atoms with Crippen molar-refractivity contribution in [1.82, 2.24) is 9.80 Å². The Morgan fingerprint density at radius 3 is 2.00 bits per heavy atom. The van der Waals surface area contributed by atoms with Gasteiger partial charge in [-0.2, -0.15) is 0 Å². The summed E-state index contributed by atoms with van der Waals surface area (Å²) in [6.45, 7) is 18.2. The maximum Gasteiger partial charge on any atom is 0.0127 e. The average molecular weight is 266 g/mol. The van der Waals surface area contributed by atoms with Gasteiger partial charge in [0, 0.05) is 24.7 Å². The zero-order chi connectivity index (χ0) is 14.2. The van der Waals surface area contributed by atoms with Gasteiger partial charge in [0.15, 0.2) is 0 Å². The van der Waals surface area contributed by atoms with Crippen LogP contribution in [0, 0.1) is 11.3 Å². The van der Waals surface area contributed by atoms with E-state index >= 15 is 0 Å². The van der Waals surface area contributed by atoms with Crippen molar-refractivity contribution in [1.29, 1.82) is 0 Å². The van der Waals surface area contributed by atoms with Crippen LogP contribution in [0.25, 0.3) is 0 Å². The minimum atomic E-state index is 0.630. The molecule has 0 N–H and O–H groups in total. The summed E-state index contributed by atoms with van der Waals surface area (Å²) in [6.07, 6.45) is 4.27. The van der Waals surface area contributed by atoms with Gasteiger partial charge in [-0.3, -0.25) is 4.90 Å². The Hall–Kier alpha value is -0.0800. The van der Waals surface area contributed by atoms with E-state index in [9.17, 15) is 0 Å². The molecule has 0 radical (unpaired) electrons. The average Bonchev–Trinajstić information content (AvgIpc) is 2.73. The molecule has 2 heterocycles. The van der Waals surface area contributed by atoms with E-state index in [0.717, 1.165) is 18.0 Å². The van der Waals surface area contributed by atoms with Crippen LogP contribution < -0.4 is 0 Å². The first-order valence-electron chi connectivity index (χ1n) is 8.34. The van der Waals surface area contributed by atoms with Crippen molar-refractivity contribution >= 4 is 0 Å². The molecule has 19 heavy (non-hydrogen) atoms. The third-order valence-electron chi connectivity index (χ3n) is 5.60. The van der Waals surface area contributed by atoms with Crippen molar-refractivity contribution in [2.45, 2.75) is 78.9 Å². The van der Waals surface area contributed by atoms with Crippen molar-refractivity contribution in [3.05, 3.63) is 0 Å². The molecule has 2 aliphatic rings. The number of piperidine rings is 1. The first-order chi connectivity index (χ1) is 8.84. The van der Waals surface area contributed by atoms with Crippen LogP contribution >= 0.6 is 0 Å². The number of hydrogen-bond donors (Lipinski definition) is 0. The summed E-state index contributed by atoms with van der Waals surface area (Å²) >= 11 is 0. The van der Waals surface area contributed by atoms with Crippen LogP contribution in [0.1, 0.15) is 60.8 Å². The molecular formula is C17H34N2. The molecule has 2 heteroatoms. The molecule has 0 aromatic heterocycles. The summed E-state index contributed by atoms with van der Waals surface area (Å²) in [6, 6.07) is 2.22. The molecule has 2 rings (SSSR count). The maximum atomic E-state index is 2.76. The predicted molar refractivity (Wildman–Crippen MR) is 83.5 cm³/mol.